The highest BCUT2D eigenvalue weighted by Gasteiger charge is 2.27. The summed E-state index contributed by atoms with van der Waals surface area (Å²) in [6.07, 6.45) is 30.6. The first-order valence-corrected chi connectivity index (χ1v) is 15.0. The molecule has 0 heterocycles. The Morgan fingerprint density at radius 3 is 0.970 bits per heavy atom. The van der Waals surface area contributed by atoms with E-state index in [-0.39, 0.29) is 17.0 Å². The van der Waals surface area contributed by atoms with Crippen molar-refractivity contribution < 1.29 is 21.5 Å². The molecule has 0 aromatic rings. The Morgan fingerprint density at radius 1 is 0.455 bits per heavy atom. The van der Waals surface area contributed by atoms with Gasteiger partial charge in [-0.2, -0.15) is 0 Å². The van der Waals surface area contributed by atoms with Crippen LogP contribution in [-0.2, 0) is 0 Å². The number of halogens is 1. The van der Waals surface area contributed by atoms with E-state index in [0.717, 1.165) is 4.48 Å². The second-order valence-corrected chi connectivity index (χ2v) is 11.4. The van der Waals surface area contributed by atoms with Crippen molar-refractivity contribution in [3.8, 4) is 0 Å². The van der Waals surface area contributed by atoms with Crippen LogP contribution < -0.4 is 17.0 Å². The van der Waals surface area contributed by atoms with Crippen molar-refractivity contribution in [3.63, 3.8) is 0 Å². The summed E-state index contributed by atoms with van der Waals surface area (Å²) in [6.45, 7) is 9.62. The predicted molar refractivity (Wildman–Crippen MR) is 147 cm³/mol. The van der Waals surface area contributed by atoms with E-state index < -0.39 is 0 Å². The number of rotatable bonds is 25. The molecule has 0 radical (unpaired) electrons. The molecule has 2 nitrogen and oxygen atoms in total. The van der Waals surface area contributed by atoms with Gasteiger partial charge in [0, 0.05) is 19.5 Å². The van der Waals surface area contributed by atoms with Gasteiger partial charge in [-0.25, -0.2) is 0 Å². The highest BCUT2D eigenvalue weighted by atomic mass is 79.9. The maximum atomic E-state index is 2.84. The van der Waals surface area contributed by atoms with Gasteiger partial charge in [0.2, 0.25) is 0 Å². The number of quaternary nitrogens is 1. The van der Waals surface area contributed by atoms with Crippen molar-refractivity contribution in [1.29, 1.82) is 0 Å². The standard InChI is InChI=1S/C30H65N2.BrH/c1-7-10-12-14-16-18-20-22-24-26-28-31(30(9-3)32(4,5)6)29-27-25-23-21-19-17-15-13-11-8-2;/h30H,7-29H2,1-6H3;1H/q+1;/p-1. The molecule has 1 atom stereocenters. The van der Waals surface area contributed by atoms with Gasteiger partial charge in [-0.1, -0.05) is 136 Å². The Kier molecular flexibility index (Phi) is 27.5. The third-order valence-corrected chi connectivity index (χ3v) is 7.28. The largest absolute Gasteiger partial charge is 1.00 e. The molecule has 0 fully saturated rings. The van der Waals surface area contributed by atoms with Gasteiger partial charge in [0.1, 0.15) is 6.17 Å². The van der Waals surface area contributed by atoms with E-state index in [0.29, 0.717) is 6.17 Å². The average molecular weight is 534 g/mol. The van der Waals surface area contributed by atoms with Gasteiger partial charge in [0.05, 0.1) is 21.1 Å². The van der Waals surface area contributed by atoms with Crippen molar-refractivity contribution in [2.75, 3.05) is 34.2 Å². The lowest BCUT2D eigenvalue weighted by Gasteiger charge is -2.41. The Hall–Kier alpha value is 0.400. The van der Waals surface area contributed by atoms with Crippen LogP contribution >= 0.6 is 0 Å². The van der Waals surface area contributed by atoms with Gasteiger partial charge in [-0.3, -0.25) is 4.90 Å². The zero-order chi connectivity index (χ0) is 23.9. The lowest BCUT2D eigenvalue weighted by atomic mass is 10.1. The predicted octanol–water partition coefficient (Wildman–Crippen LogP) is 6.58. The fraction of sp³-hybridized carbons (Fsp3) is 1.00. The van der Waals surface area contributed by atoms with Crippen LogP contribution in [0.2, 0.25) is 0 Å². The minimum atomic E-state index is 0. The molecule has 0 aromatic carbocycles. The third-order valence-electron chi connectivity index (χ3n) is 7.28. The highest BCUT2D eigenvalue weighted by molar-refractivity contribution is 4.64. The smallest absolute Gasteiger partial charge is 0.144 e. The first-order valence-electron chi connectivity index (χ1n) is 15.0. The molecule has 0 N–H and O–H groups in total. The first kappa shape index (κ1) is 35.6. The summed E-state index contributed by atoms with van der Waals surface area (Å²) < 4.78 is 1.08. The summed E-state index contributed by atoms with van der Waals surface area (Å²) in [6, 6.07) is 0. The van der Waals surface area contributed by atoms with E-state index in [1.807, 2.05) is 0 Å². The molecule has 0 amide bonds. The van der Waals surface area contributed by atoms with Gasteiger partial charge in [0.15, 0.2) is 0 Å². The molecule has 0 aromatic heterocycles. The maximum absolute atomic E-state index is 2.84. The molecule has 0 spiro atoms. The van der Waals surface area contributed by atoms with Crippen LogP contribution in [0.5, 0.6) is 0 Å². The number of hydrogen-bond acceptors (Lipinski definition) is 1. The van der Waals surface area contributed by atoms with Crippen LogP contribution in [0.4, 0.5) is 0 Å². The van der Waals surface area contributed by atoms with Gasteiger partial charge in [-0.05, 0) is 12.8 Å². The zero-order valence-electron chi connectivity index (χ0n) is 24.1. The fourth-order valence-corrected chi connectivity index (χ4v) is 5.31. The van der Waals surface area contributed by atoms with Crippen molar-refractivity contribution >= 4 is 0 Å². The van der Waals surface area contributed by atoms with Crippen LogP contribution in [0, 0.1) is 0 Å². The Balaban J connectivity index is 0. The molecule has 0 rings (SSSR count). The van der Waals surface area contributed by atoms with E-state index >= 15 is 0 Å². The van der Waals surface area contributed by atoms with Crippen molar-refractivity contribution in [2.24, 2.45) is 0 Å². The molecule has 3 heteroatoms. The second kappa shape index (κ2) is 25.5. The lowest BCUT2D eigenvalue weighted by Crippen LogP contribution is -3.00. The molecule has 202 valence electrons. The fourth-order valence-electron chi connectivity index (χ4n) is 5.31. The van der Waals surface area contributed by atoms with Gasteiger partial charge < -0.3 is 21.5 Å². The maximum Gasteiger partial charge on any atom is 0.144 e. The molecule has 0 aliphatic heterocycles. The van der Waals surface area contributed by atoms with Crippen LogP contribution in [0.15, 0.2) is 0 Å². The molecule has 0 bridgehead atoms. The minimum absolute atomic E-state index is 0. The van der Waals surface area contributed by atoms with E-state index in [2.05, 4.69) is 46.8 Å². The monoisotopic (exact) mass is 532 g/mol. The Labute approximate surface area is 222 Å². The summed E-state index contributed by atoms with van der Waals surface area (Å²) in [5.41, 5.74) is 0. The van der Waals surface area contributed by atoms with Gasteiger partial charge in [-0.15, -0.1) is 0 Å². The summed E-state index contributed by atoms with van der Waals surface area (Å²) in [5.74, 6) is 0. The van der Waals surface area contributed by atoms with Crippen molar-refractivity contribution in [3.05, 3.63) is 0 Å². The molecule has 0 aliphatic carbocycles. The van der Waals surface area contributed by atoms with Crippen LogP contribution in [0.25, 0.3) is 0 Å². The average Bonchev–Trinajstić information content (AvgIpc) is 2.75. The molecular weight excluding hydrogens is 468 g/mol. The molecule has 1 unspecified atom stereocenters. The van der Waals surface area contributed by atoms with E-state index in [1.54, 1.807) is 0 Å². The van der Waals surface area contributed by atoms with Crippen LogP contribution in [0.1, 0.15) is 156 Å². The van der Waals surface area contributed by atoms with Crippen molar-refractivity contribution in [2.45, 2.75) is 162 Å². The molecule has 0 saturated carbocycles. The quantitative estimate of drug-likeness (QED) is 0.0728. The van der Waals surface area contributed by atoms with Gasteiger partial charge >= 0.3 is 0 Å². The van der Waals surface area contributed by atoms with Crippen LogP contribution in [0.3, 0.4) is 0 Å². The topological polar surface area (TPSA) is 3.24 Å². The summed E-state index contributed by atoms with van der Waals surface area (Å²) in [7, 11) is 7.16. The summed E-state index contributed by atoms with van der Waals surface area (Å²) >= 11 is 0. The normalized spacial score (nSPS) is 12.8. The van der Waals surface area contributed by atoms with Crippen molar-refractivity contribution in [1.82, 2.24) is 4.90 Å². The zero-order valence-corrected chi connectivity index (χ0v) is 25.7. The third kappa shape index (κ3) is 22.6. The number of hydrogen-bond donors (Lipinski definition) is 0. The Morgan fingerprint density at radius 2 is 0.727 bits per heavy atom. The first-order chi connectivity index (χ1) is 15.5. The number of nitrogens with zero attached hydrogens (tertiary/aromatic N) is 2. The van der Waals surface area contributed by atoms with E-state index in [4.69, 9.17) is 0 Å². The SMILES string of the molecule is CCCCCCCCCCCCN(CCCCCCCCCCCC)C(CC)[N+](C)(C)C.[Br-]. The van der Waals surface area contributed by atoms with Gasteiger partial charge in [0.25, 0.3) is 0 Å². The Bertz CT molecular complexity index is 343. The summed E-state index contributed by atoms with van der Waals surface area (Å²) in [4.78, 5) is 2.84. The van der Waals surface area contributed by atoms with E-state index in [1.165, 1.54) is 148 Å². The molecule has 0 aliphatic rings. The second-order valence-electron chi connectivity index (χ2n) is 11.4. The highest BCUT2D eigenvalue weighted by Crippen LogP contribution is 2.18. The van der Waals surface area contributed by atoms with E-state index in [9.17, 15) is 0 Å². The van der Waals surface area contributed by atoms with Crippen LogP contribution in [-0.4, -0.2) is 49.8 Å². The summed E-state index contributed by atoms with van der Waals surface area (Å²) in [5, 5.41) is 0. The minimum Gasteiger partial charge on any atom is -1.00 e. The molecule has 0 saturated heterocycles. The molecule has 33 heavy (non-hydrogen) atoms. The lowest BCUT2D eigenvalue weighted by molar-refractivity contribution is -0.908. The molecular formula is C30H65BrN2. The number of unbranched alkanes of at least 4 members (excludes halogenated alkanes) is 18.